The molecule has 6 nitrogen and oxygen atoms in total. The first-order chi connectivity index (χ1) is 16.0. The molecule has 33 heavy (non-hydrogen) atoms. The lowest BCUT2D eigenvalue weighted by Gasteiger charge is -2.39. The van der Waals surface area contributed by atoms with Crippen LogP contribution in [0.25, 0.3) is 0 Å². The zero-order valence-corrected chi connectivity index (χ0v) is 19.0. The number of hydrogen-bond donors (Lipinski definition) is 2. The number of nitrogens with zero attached hydrogens (tertiary/aromatic N) is 3. The van der Waals surface area contributed by atoms with Gasteiger partial charge in [-0.25, -0.2) is 0 Å². The quantitative estimate of drug-likeness (QED) is 0.322. The van der Waals surface area contributed by atoms with Crippen molar-refractivity contribution in [2.45, 2.75) is 19.4 Å². The highest BCUT2D eigenvalue weighted by atomic mass is 16.1. The van der Waals surface area contributed by atoms with E-state index in [4.69, 9.17) is 0 Å². The highest BCUT2D eigenvalue weighted by molar-refractivity contribution is 5.80. The molecule has 0 atom stereocenters. The van der Waals surface area contributed by atoms with Crippen molar-refractivity contribution < 1.29 is 4.79 Å². The molecular weight excluding hydrogens is 410 g/mol. The van der Waals surface area contributed by atoms with Crippen LogP contribution in [0.15, 0.2) is 91.5 Å². The Labute approximate surface area is 194 Å². The van der Waals surface area contributed by atoms with Crippen molar-refractivity contribution in [1.29, 1.82) is 0 Å². The van der Waals surface area contributed by atoms with E-state index in [0.29, 0.717) is 5.56 Å². The Morgan fingerprint density at radius 1 is 0.758 bits per heavy atom. The second kappa shape index (κ2) is 9.53. The first-order valence-corrected chi connectivity index (χ1v) is 10.7. The Morgan fingerprint density at radius 3 is 1.91 bits per heavy atom. The largest absolute Gasteiger partial charge is 0.365 e. The van der Waals surface area contributed by atoms with E-state index in [0.717, 1.165) is 40.3 Å². The van der Waals surface area contributed by atoms with Crippen LogP contribution in [0.5, 0.6) is 0 Å². The third-order valence-corrected chi connectivity index (χ3v) is 5.85. The Morgan fingerprint density at radius 2 is 1.33 bits per heavy atom. The van der Waals surface area contributed by atoms with Crippen molar-refractivity contribution in [3.05, 3.63) is 103 Å². The Hall–Kier alpha value is -4.19. The van der Waals surface area contributed by atoms with Gasteiger partial charge < -0.3 is 15.5 Å². The van der Waals surface area contributed by atoms with E-state index in [-0.39, 0.29) is 0 Å². The number of anilines is 5. The summed E-state index contributed by atoms with van der Waals surface area (Å²) < 4.78 is 0. The van der Waals surface area contributed by atoms with Crippen LogP contribution in [0.2, 0.25) is 0 Å². The molecule has 2 heterocycles. The Balaban J connectivity index is 1.63. The molecule has 0 aliphatic heterocycles. The van der Waals surface area contributed by atoms with Crippen molar-refractivity contribution in [3.63, 3.8) is 0 Å². The summed E-state index contributed by atoms with van der Waals surface area (Å²) in [6, 6.07) is 21.7. The number of rotatable bonds is 8. The van der Waals surface area contributed by atoms with Crippen LogP contribution in [-0.2, 0) is 5.54 Å². The molecule has 0 fully saturated rings. The maximum atomic E-state index is 11.9. The van der Waals surface area contributed by atoms with Crippen molar-refractivity contribution in [1.82, 2.24) is 9.97 Å². The van der Waals surface area contributed by atoms with Gasteiger partial charge in [-0.1, -0.05) is 6.07 Å². The molecule has 0 bridgehead atoms. The number of nitrogens with one attached hydrogen (secondary N) is 2. The number of hydrogen-bond acceptors (Lipinski definition) is 6. The highest BCUT2D eigenvalue weighted by Gasteiger charge is 2.29. The summed E-state index contributed by atoms with van der Waals surface area (Å²) in [4.78, 5) is 22.2. The Bertz CT molecular complexity index is 1230. The number of aldehydes is 1. The van der Waals surface area contributed by atoms with Gasteiger partial charge in [-0.05, 0) is 80.1 Å². The number of pyridine rings is 2. The first kappa shape index (κ1) is 22.0. The smallest absolute Gasteiger partial charge is 0.150 e. The summed E-state index contributed by atoms with van der Waals surface area (Å²) in [5.41, 5.74) is 5.98. The maximum Gasteiger partial charge on any atom is 0.150 e. The number of carbonyl (C=O) groups is 1. The van der Waals surface area contributed by atoms with E-state index in [1.54, 1.807) is 24.8 Å². The summed E-state index contributed by atoms with van der Waals surface area (Å²) in [7, 11) is 2.04. The van der Waals surface area contributed by atoms with Gasteiger partial charge in [-0.3, -0.25) is 14.8 Å². The molecule has 4 rings (SSSR count). The summed E-state index contributed by atoms with van der Waals surface area (Å²) in [5, 5.41) is 6.80. The molecule has 6 heteroatoms. The molecule has 2 N–H and O–H groups in total. The van der Waals surface area contributed by atoms with Gasteiger partial charge in [-0.2, -0.15) is 0 Å². The van der Waals surface area contributed by atoms with Crippen molar-refractivity contribution in [2.75, 3.05) is 22.6 Å². The van der Waals surface area contributed by atoms with E-state index < -0.39 is 5.54 Å². The average molecular weight is 438 g/mol. The van der Waals surface area contributed by atoms with Crippen LogP contribution in [0, 0.1) is 0 Å². The second-order valence-corrected chi connectivity index (χ2v) is 8.31. The van der Waals surface area contributed by atoms with Crippen LogP contribution in [0.1, 0.15) is 29.8 Å². The summed E-state index contributed by atoms with van der Waals surface area (Å²) in [6.45, 7) is 4.24. The van der Waals surface area contributed by atoms with Gasteiger partial charge in [0.1, 0.15) is 6.29 Å². The molecule has 0 radical (unpaired) electrons. The fraction of sp³-hybridized carbons (Fsp3) is 0.148. The molecule has 166 valence electrons. The average Bonchev–Trinajstić information content (AvgIpc) is 2.85. The molecule has 0 spiro atoms. The third kappa shape index (κ3) is 5.01. The minimum Gasteiger partial charge on any atom is -0.365 e. The summed E-state index contributed by atoms with van der Waals surface area (Å²) in [6.07, 6.45) is 7.93. The molecule has 0 aliphatic carbocycles. The van der Waals surface area contributed by atoms with Crippen LogP contribution in [0.3, 0.4) is 0 Å². The Kier molecular flexibility index (Phi) is 6.36. The maximum absolute atomic E-state index is 11.9. The molecule has 0 amide bonds. The number of benzene rings is 2. The molecule has 0 saturated heterocycles. The minimum atomic E-state index is -0.457. The van der Waals surface area contributed by atoms with E-state index in [2.05, 4.69) is 51.5 Å². The van der Waals surface area contributed by atoms with Gasteiger partial charge in [0.05, 0.1) is 5.54 Å². The SMILES string of the molecule is CN(c1cccc(Nc2ccncc2)c1)C(C)(C)c1cc(Nc2ccncc2)ccc1C=O. The molecule has 0 saturated carbocycles. The molecule has 0 unspecified atom stereocenters. The van der Waals surface area contributed by atoms with Gasteiger partial charge in [0.25, 0.3) is 0 Å². The van der Waals surface area contributed by atoms with Gasteiger partial charge in [-0.15, -0.1) is 0 Å². The lowest BCUT2D eigenvalue weighted by molar-refractivity contribution is 0.112. The summed E-state index contributed by atoms with van der Waals surface area (Å²) in [5.74, 6) is 0. The van der Waals surface area contributed by atoms with Crippen molar-refractivity contribution in [3.8, 4) is 0 Å². The van der Waals surface area contributed by atoms with Gasteiger partial charge in [0.15, 0.2) is 0 Å². The van der Waals surface area contributed by atoms with Crippen LogP contribution >= 0.6 is 0 Å². The predicted molar refractivity (Wildman–Crippen MR) is 135 cm³/mol. The fourth-order valence-electron chi connectivity index (χ4n) is 3.77. The van der Waals surface area contributed by atoms with Gasteiger partial charge >= 0.3 is 0 Å². The van der Waals surface area contributed by atoms with Crippen molar-refractivity contribution >= 4 is 34.7 Å². The second-order valence-electron chi connectivity index (χ2n) is 8.31. The summed E-state index contributed by atoms with van der Waals surface area (Å²) >= 11 is 0. The zero-order valence-electron chi connectivity index (χ0n) is 19.0. The molecule has 0 aliphatic rings. The normalized spacial score (nSPS) is 11.0. The first-order valence-electron chi connectivity index (χ1n) is 10.7. The van der Waals surface area contributed by atoms with E-state index in [9.17, 15) is 4.79 Å². The van der Waals surface area contributed by atoms with Crippen LogP contribution in [0.4, 0.5) is 28.4 Å². The highest BCUT2D eigenvalue weighted by Crippen LogP contribution is 2.36. The van der Waals surface area contributed by atoms with Gasteiger partial charge in [0, 0.05) is 65.8 Å². The molecule has 2 aromatic heterocycles. The number of carbonyl (C=O) groups excluding carboxylic acids is 1. The lowest BCUT2D eigenvalue weighted by atomic mass is 9.88. The van der Waals surface area contributed by atoms with Gasteiger partial charge in [0.2, 0.25) is 0 Å². The van der Waals surface area contributed by atoms with E-state index in [1.807, 2.05) is 61.6 Å². The van der Waals surface area contributed by atoms with Crippen molar-refractivity contribution in [2.24, 2.45) is 0 Å². The molecule has 2 aromatic carbocycles. The third-order valence-electron chi connectivity index (χ3n) is 5.85. The van der Waals surface area contributed by atoms with E-state index in [1.165, 1.54) is 0 Å². The zero-order chi connectivity index (χ0) is 23.3. The van der Waals surface area contributed by atoms with Crippen LogP contribution in [-0.4, -0.2) is 23.3 Å². The predicted octanol–water partition coefficient (Wildman–Crippen LogP) is 6.15. The lowest BCUT2D eigenvalue weighted by Crippen LogP contribution is -2.39. The van der Waals surface area contributed by atoms with E-state index >= 15 is 0 Å². The number of aromatic nitrogens is 2. The topological polar surface area (TPSA) is 70.2 Å². The standard InChI is InChI=1S/C27H27N5O/c1-27(2,26-18-24(8-7-20(26)19-33)31-22-11-15-29-16-12-22)32(3)25-6-4-5-23(17-25)30-21-9-13-28-14-10-21/h4-19H,1-3H3,(H,28,30)(H,29,31). The van der Waals surface area contributed by atoms with Crippen LogP contribution < -0.4 is 15.5 Å². The molecular formula is C27H27N5O. The monoisotopic (exact) mass is 437 g/mol. The fourth-order valence-corrected chi connectivity index (χ4v) is 3.77. The molecule has 4 aromatic rings. The minimum absolute atomic E-state index is 0.457.